The van der Waals surface area contributed by atoms with Crippen molar-refractivity contribution >= 4 is 45.3 Å². The van der Waals surface area contributed by atoms with Crippen LogP contribution in [0.3, 0.4) is 0 Å². The van der Waals surface area contributed by atoms with E-state index < -0.39 is 54.1 Å². The average Bonchev–Trinajstić information content (AvgIpc) is 3.33. The number of carbonyl (C=O) groups is 4. The fourth-order valence-electron chi connectivity index (χ4n) is 4.38. The molecule has 4 atom stereocenters. The van der Waals surface area contributed by atoms with Crippen LogP contribution in [0.1, 0.15) is 49.9 Å². The fourth-order valence-corrected chi connectivity index (χ4v) is 4.65. The zero-order valence-electron chi connectivity index (χ0n) is 21.5. The zero-order valence-corrected chi connectivity index (χ0v) is 23.1. The van der Waals surface area contributed by atoms with Gasteiger partial charge in [-0.3, -0.25) is 24.2 Å². The lowest BCUT2D eigenvalue weighted by Gasteiger charge is -2.30. The quantitative estimate of drug-likeness (QED) is 0.138. The number of nitrogens with one attached hydrogen (secondary N) is 1. The van der Waals surface area contributed by atoms with Crippen LogP contribution in [-0.4, -0.2) is 72.1 Å². The van der Waals surface area contributed by atoms with Crippen LogP contribution >= 0.6 is 15.9 Å². The van der Waals surface area contributed by atoms with E-state index in [4.69, 9.17) is 18.0 Å². The lowest BCUT2D eigenvalue weighted by atomic mass is 9.90. The third kappa shape index (κ3) is 8.62. The maximum absolute atomic E-state index is 13.6. The molecule has 1 aliphatic heterocycles. The van der Waals surface area contributed by atoms with Gasteiger partial charge in [-0.25, -0.2) is 11.0 Å². The highest BCUT2D eigenvalue weighted by atomic mass is 79.9. The first-order chi connectivity index (χ1) is 18.0. The number of Topliss-reactive ketones (excluding diaryl/α,β-unsaturated/α-hetero) is 2. The van der Waals surface area contributed by atoms with Crippen molar-refractivity contribution in [1.29, 1.82) is 0 Å². The number of guanidine groups is 1. The van der Waals surface area contributed by atoms with Crippen molar-refractivity contribution in [3.8, 4) is 0 Å². The molecule has 5 N–H and O–H groups in total. The number of hydrogen-bond acceptors (Lipinski definition) is 5. The lowest BCUT2D eigenvalue weighted by molar-refractivity contribution is -0.140. The summed E-state index contributed by atoms with van der Waals surface area (Å²) in [5.41, 5.74) is 11.0. The minimum atomic E-state index is -1.21. The Morgan fingerprint density at radius 1 is 1.24 bits per heavy atom. The number of ketones is 2. The summed E-state index contributed by atoms with van der Waals surface area (Å²) in [4.78, 5) is 60.7. The summed E-state index contributed by atoms with van der Waals surface area (Å²) in [5.74, 6) is -3.34. The number of nitrogens with zero attached hydrogens (tertiary/aromatic N) is 3. The number of amides is 2. The smallest absolute Gasteiger partial charge is 0.251 e. The number of aliphatic imine (C=N–C) groups is 1. The van der Waals surface area contributed by atoms with Gasteiger partial charge in [0.1, 0.15) is 12.7 Å². The summed E-state index contributed by atoms with van der Waals surface area (Å²) >= 11 is 3.32. The Balaban J connectivity index is 2.20. The number of carbonyl (C=O) groups excluding carboxylic acids is 4. The Hall–Kier alpha value is -3.33. The lowest BCUT2D eigenvalue weighted by Crippen LogP contribution is -2.54. The highest BCUT2D eigenvalue weighted by Gasteiger charge is 2.45. The Labute approximate surface area is 230 Å². The van der Waals surface area contributed by atoms with Crippen molar-refractivity contribution in [2.75, 3.05) is 19.8 Å². The fraction of sp³-hybridized carbons (Fsp3) is 0.538. The molecule has 38 heavy (non-hydrogen) atoms. The normalized spacial score (nSPS) is 18.4. The average molecular weight is 593 g/mol. The van der Waals surface area contributed by atoms with E-state index in [2.05, 4.69) is 31.1 Å². The number of alkyl halides is 1. The molecule has 2 rings (SSSR count). The first-order valence-electron chi connectivity index (χ1n) is 12.4. The van der Waals surface area contributed by atoms with Crippen LogP contribution in [0, 0.1) is 18.4 Å². The van der Waals surface area contributed by atoms with E-state index >= 15 is 0 Å². The van der Waals surface area contributed by atoms with Gasteiger partial charge in [0, 0.05) is 28.9 Å². The number of hydrogen-bond donors (Lipinski definition) is 3. The first-order valence-corrected chi connectivity index (χ1v) is 13.2. The molecule has 0 aliphatic carbocycles. The molecule has 206 valence electrons. The van der Waals surface area contributed by atoms with E-state index in [0.717, 1.165) is 4.47 Å². The topological polar surface area (TPSA) is 152 Å². The number of rotatable bonds is 13. The molecule has 0 spiro atoms. The predicted octanol–water partition coefficient (Wildman–Crippen LogP) is 2.26. The van der Waals surface area contributed by atoms with E-state index in [1.54, 1.807) is 38.1 Å². The zero-order chi connectivity index (χ0) is 28.4. The minimum absolute atomic E-state index is 0.0301. The van der Waals surface area contributed by atoms with Crippen molar-refractivity contribution < 1.29 is 23.6 Å². The van der Waals surface area contributed by atoms with E-state index in [1.165, 1.54) is 4.90 Å². The Morgan fingerprint density at radius 2 is 1.89 bits per heavy atom. The highest BCUT2D eigenvalue weighted by Crippen LogP contribution is 2.27. The molecule has 0 radical (unpaired) electrons. The number of halogens is 2. The van der Waals surface area contributed by atoms with E-state index in [0.29, 0.717) is 12.0 Å². The molecular formula is C26H34BrFN6O4. The second kappa shape index (κ2) is 14.6. The van der Waals surface area contributed by atoms with Crippen LogP contribution in [0.5, 0.6) is 0 Å². The van der Waals surface area contributed by atoms with E-state index in [1.807, 2.05) is 0 Å². The minimum Gasteiger partial charge on any atom is -0.370 e. The summed E-state index contributed by atoms with van der Waals surface area (Å²) in [6.07, 6.45) is 0.429. The molecule has 1 aromatic rings. The van der Waals surface area contributed by atoms with Gasteiger partial charge < -0.3 is 26.5 Å². The van der Waals surface area contributed by atoms with Crippen LogP contribution in [0.4, 0.5) is 4.39 Å². The molecule has 10 nitrogen and oxygen atoms in total. The first kappa shape index (κ1) is 30.9. The second-order valence-electron chi connectivity index (χ2n) is 9.64. The monoisotopic (exact) mass is 592 g/mol. The Kier molecular flexibility index (Phi) is 11.8. The Morgan fingerprint density at radius 3 is 2.45 bits per heavy atom. The molecule has 2 amide bonds. The van der Waals surface area contributed by atoms with Gasteiger partial charge in [-0.1, -0.05) is 29.8 Å². The molecule has 0 aromatic heterocycles. The van der Waals surface area contributed by atoms with Gasteiger partial charge >= 0.3 is 0 Å². The summed E-state index contributed by atoms with van der Waals surface area (Å²) < 4.78 is 14.0. The Bertz CT molecular complexity index is 1080. The molecule has 12 heteroatoms. The van der Waals surface area contributed by atoms with Crippen LogP contribution in [0.15, 0.2) is 33.7 Å². The molecule has 1 fully saturated rings. The summed E-state index contributed by atoms with van der Waals surface area (Å²) in [5, 5.41) is 2.76. The molecule has 1 saturated heterocycles. The van der Waals surface area contributed by atoms with Gasteiger partial charge in [0.15, 0.2) is 17.5 Å². The summed E-state index contributed by atoms with van der Waals surface area (Å²) in [6.45, 7) is 10.0. The number of likely N-dealkylation sites (tertiary alicyclic amines) is 1. The highest BCUT2D eigenvalue weighted by molar-refractivity contribution is 9.10. The van der Waals surface area contributed by atoms with E-state index in [-0.39, 0.29) is 44.2 Å². The third-order valence-electron chi connectivity index (χ3n) is 6.48. The van der Waals surface area contributed by atoms with Gasteiger partial charge in [-0.2, -0.15) is 0 Å². The maximum Gasteiger partial charge on any atom is 0.251 e. The maximum atomic E-state index is 13.6. The summed E-state index contributed by atoms with van der Waals surface area (Å²) in [6, 6.07) is 4.18. The van der Waals surface area contributed by atoms with Crippen molar-refractivity contribution in [1.82, 2.24) is 10.2 Å². The third-order valence-corrected chi connectivity index (χ3v) is 7.01. The van der Waals surface area contributed by atoms with E-state index in [9.17, 15) is 23.6 Å². The predicted molar refractivity (Wildman–Crippen MR) is 145 cm³/mol. The van der Waals surface area contributed by atoms with Gasteiger partial charge in [-0.15, -0.1) is 0 Å². The molecule has 1 aromatic carbocycles. The van der Waals surface area contributed by atoms with Crippen molar-refractivity contribution in [2.45, 2.75) is 57.7 Å². The standard InChI is InChI=1S/C26H34BrFN6O4/c1-15(2)23(33-24(37)16-6-8-18(27)9-7-16)25(38)34-14-19(31-3)12-20(34)21(35)11-17(22(36)13-28)5-4-10-32-26(29)30/h6-9,15,17,19-20,23H,4-5,10-14H2,1-2H3,(H,33,37)(H4,29,30,32)/t17-,19-,20+,23+/m1/s1. The molecule has 0 bridgehead atoms. The molecular weight excluding hydrogens is 559 g/mol. The van der Waals surface area contributed by atoms with Gasteiger partial charge in [-0.05, 0) is 43.0 Å². The number of benzene rings is 1. The second-order valence-corrected chi connectivity index (χ2v) is 10.6. The van der Waals surface area contributed by atoms with Crippen molar-refractivity contribution in [2.24, 2.45) is 28.3 Å². The van der Waals surface area contributed by atoms with Crippen LogP contribution in [0.2, 0.25) is 0 Å². The number of nitrogens with two attached hydrogens (primary N) is 2. The van der Waals surface area contributed by atoms with Gasteiger partial charge in [0.05, 0.1) is 19.0 Å². The molecule has 0 saturated carbocycles. The van der Waals surface area contributed by atoms with Gasteiger partial charge in [0.2, 0.25) is 11.9 Å². The van der Waals surface area contributed by atoms with Crippen molar-refractivity contribution in [3.63, 3.8) is 0 Å². The van der Waals surface area contributed by atoms with Crippen LogP contribution in [0.25, 0.3) is 4.85 Å². The molecule has 1 aliphatic rings. The largest absolute Gasteiger partial charge is 0.370 e. The van der Waals surface area contributed by atoms with Crippen LogP contribution < -0.4 is 16.8 Å². The summed E-state index contributed by atoms with van der Waals surface area (Å²) in [7, 11) is 0. The van der Waals surface area contributed by atoms with Crippen LogP contribution in [-0.2, 0) is 14.4 Å². The molecule has 0 unspecified atom stereocenters. The van der Waals surface area contributed by atoms with Crippen molar-refractivity contribution in [3.05, 3.63) is 45.7 Å². The SMILES string of the molecule is [C-]#[N+][C@@H]1C[C@@H](C(=O)C[C@@H](CCCN=C(N)N)C(=O)CF)N(C(=O)[C@@H](NC(=O)c2ccc(Br)cc2)C(C)C)C1. The van der Waals surface area contributed by atoms with Gasteiger partial charge in [0.25, 0.3) is 5.91 Å². The molecule has 1 heterocycles.